The van der Waals surface area contributed by atoms with E-state index in [2.05, 4.69) is 11.0 Å². The van der Waals surface area contributed by atoms with Crippen molar-refractivity contribution in [3.63, 3.8) is 0 Å². The molecule has 2 aliphatic rings. The molecule has 0 saturated carbocycles. The Morgan fingerprint density at radius 1 is 1.00 bits per heavy atom. The van der Waals surface area contributed by atoms with Crippen molar-refractivity contribution in [1.29, 1.82) is 0 Å². The first-order valence-corrected chi connectivity index (χ1v) is 9.58. The number of anilines is 1. The summed E-state index contributed by atoms with van der Waals surface area (Å²) in [6, 6.07) is 13.3. The zero-order valence-corrected chi connectivity index (χ0v) is 15.3. The van der Waals surface area contributed by atoms with E-state index in [9.17, 15) is 9.59 Å². The molecule has 5 heteroatoms. The van der Waals surface area contributed by atoms with Crippen molar-refractivity contribution in [3.05, 3.63) is 59.2 Å². The monoisotopic (exact) mass is 364 g/mol. The predicted octanol–water partition coefficient (Wildman–Crippen LogP) is 3.10. The fraction of sp³-hybridized carbons (Fsp3) is 0.364. The van der Waals surface area contributed by atoms with Gasteiger partial charge in [0.2, 0.25) is 5.91 Å². The fourth-order valence-corrected chi connectivity index (χ4v) is 4.03. The number of primary amides is 1. The van der Waals surface area contributed by atoms with E-state index in [1.54, 1.807) is 12.1 Å². The molecule has 140 valence electrons. The molecule has 1 amide bonds. The van der Waals surface area contributed by atoms with E-state index >= 15 is 0 Å². The van der Waals surface area contributed by atoms with Crippen LogP contribution in [-0.2, 0) is 17.6 Å². The molecule has 1 aliphatic heterocycles. The number of aryl methyl sites for hydroxylation is 2. The van der Waals surface area contributed by atoms with Crippen LogP contribution in [0.3, 0.4) is 0 Å². The number of benzene rings is 2. The molecule has 2 aromatic rings. The van der Waals surface area contributed by atoms with Crippen LogP contribution < -0.4 is 15.4 Å². The number of carbonyl (C=O) groups excluding carboxylic acids is 2. The smallest absolute Gasteiger partial charge is 0.343 e. The van der Waals surface area contributed by atoms with Gasteiger partial charge in [-0.15, -0.1) is 0 Å². The lowest BCUT2D eigenvalue weighted by Gasteiger charge is -2.33. The van der Waals surface area contributed by atoms with Gasteiger partial charge in [-0.2, -0.15) is 0 Å². The van der Waals surface area contributed by atoms with Gasteiger partial charge in [-0.25, -0.2) is 4.79 Å². The third-order valence-corrected chi connectivity index (χ3v) is 5.57. The summed E-state index contributed by atoms with van der Waals surface area (Å²) >= 11 is 0. The predicted molar refractivity (Wildman–Crippen MR) is 104 cm³/mol. The van der Waals surface area contributed by atoms with Gasteiger partial charge in [0.1, 0.15) is 5.75 Å². The molecule has 4 rings (SSSR count). The van der Waals surface area contributed by atoms with Gasteiger partial charge in [-0.05, 0) is 79.6 Å². The van der Waals surface area contributed by atoms with Crippen molar-refractivity contribution in [2.45, 2.75) is 32.1 Å². The molecular formula is C22H24N2O3. The van der Waals surface area contributed by atoms with Crippen LogP contribution in [0.4, 0.5) is 5.69 Å². The summed E-state index contributed by atoms with van der Waals surface area (Å²) in [6.07, 6.45) is 5.11. The van der Waals surface area contributed by atoms with E-state index in [-0.39, 0.29) is 17.8 Å². The number of ether oxygens (including phenoxy) is 1. The minimum atomic E-state index is -0.354. The molecule has 27 heavy (non-hydrogen) atoms. The molecule has 2 N–H and O–H groups in total. The number of carbonyl (C=O) groups is 2. The van der Waals surface area contributed by atoms with Crippen LogP contribution in [0.15, 0.2) is 42.5 Å². The number of nitrogens with two attached hydrogens (primary N) is 1. The van der Waals surface area contributed by atoms with Gasteiger partial charge in [0, 0.05) is 18.8 Å². The van der Waals surface area contributed by atoms with Crippen LogP contribution in [0.25, 0.3) is 0 Å². The summed E-state index contributed by atoms with van der Waals surface area (Å²) in [5, 5.41) is 0. The van der Waals surface area contributed by atoms with Crippen molar-refractivity contribution in [2.24, 2.45) is 11.7 Å². The third kappa shape index (κ3) is 3.82. The highest BCUT2D eigenvalue weighted by Crippen LogP contribution is 2.27. The second kappa shape index (κ2) is 7.43. The van der Waals surface area contributed by atoms with Crippen molar-refractivity contribution in [1.82, 2.24) is 0 Å². The molecule has 0 radical (unpaired) electrons. The number of hydrogen-bond acceptors (Lipinski definition) is 4. The first-order valence-electron chi connectivity index (χ1n) is 9.58. The van der Waals surface area contributed by atoms with Crippen LogP contribution in [0, 0.1) is 5.92 Å². The number of rotatable bonds is 4. The number of esters is 1. The standard InChI is InChI=1S/C22H24N2O3/c23-21(25)18-5-2-12-24(14-18)19-9-6-16(7-10-19)22(26)27-20-11-8-15-3-1-4-17(15)13-20/h6-11,13,18H,1-5,12,14H2,(H2,23,25). The number of amides is 1. The summed E-state index contributed by atoms with van der Waals surface area (Å²) in [5.74, 6) is -0.101. The Morgan fingerprint density at radius 3 is 2.56 bits per heavy atom. The maximum atomic E-state index is 12.4. The van der Waals surface area contributed by atoms with E-state index in [1.165, 1.54) is 17.5 Å². The van der Waals surface area contributed by atoms with Gasteiger partial charge in [-0.1, -0.05) is 6.07 Å². The van der Waals surface area contributed by atoms with Gasteiger partial charge < -0.3 is 15.4 Å². The van der Waals surface area contributed by atoms with E-state index < -0.39 is 0 Å². The van der Waals surface area contributed by atoms with E-state index in [0.29, 0.717) is 17.9 Å². The molecule has 1 fully saturated rings. The molecule has 1 atom stereocenters. The lowest BCUT2D eigenvalue weighted by Crippen LogP contribution is -2.41. The lowest BCUT2D eigenvalue weighted by molar-refractivity contribution is -0.122. The zero-order chi connectivity index (χ0) is 18.8. The molecular weight excluding hydrogens is 340 g/mol. The molecule has 2 aromatic carbocycles. The number of piperidine rings is 1. The Bertz CT molecular complexity index is 860. The zero-order valence-electron chi connectivity index (χ0n) is 15.3. The van der Waals surface area contributed by atoms with Crippen LogP contribution >= 0.6 is 0 Å². The van der Waals surface area contributed by atoms with E-state index in [0.717, 1.165) is 37.9 Å². The molecule has 1 aliphatic carbocycles. The van der Waals surface area contributed by atoms with E-state index in [4.69, 9.17) is 10.5 Å². The minimum Gasteiger partial charge on any atom is -0.423 e. The Morgan fingerprint density at radius 2 is 1.78 bits per heavy atom. The Balaban J connectivity index is 1.42. The average molecular weight is 364 g/mol. The fourth-order valence-electron chi connectivity index (χ4n) is 4.03. The van der Waals surface area contributed by atoms with E-state index in [1.807, 2.05) is 24.3 Å². The number of fused-ring (bicyclic) bond motifs is 1. The van der Waals surface area contributed by atoms with Gasteiger partial charge in [0.15, 0.2) is 0 Å². The Labute approximate surface area is 159 Å². The second-order valence-corrected chi connectivity index (χ2v) is 7.41. The highest BCUT2D eigenvalue weighted by Gasteiger charge is 2.24. The summed E-state index contributed by atoms with van der Waals surface area (Å²) < 4.78 is 5.55. The molecule has 5 nitrogen and oxygen atoms in total. The SMILES string of the molecule is NC(=O)C1CCCN(c2ccc(C(=O)Oc3ccc4c(c3)CCC4)cc2)C1. The normalized spacial score (nSPS) is 18.8. The van der Waals surface area contributed by atoms with Crippen molar-refractivity contribution in [2.75, 3.05) is 18.0 Å². The van der Waals surface area contributed by atoms with Crippen LogP contribution in [0.1, 0.15) is 40.7 Å². The maximum absolute atomic E-state index is 12.4. The van der Waals surface area contributed by atoms with Gasteiger partial charge in [0.05, 0.1) is 11.5 Å². The van der Waals surface area contributed by atoms with Crippen LogP contribution in [-0.4, -0.2) is 25.0 Å². The molecule has 0 bridgehead atoms. The first kappa shape index (κ1) is 17.6. The number of hydrogen-bond donors (Lipinski definition) is 1. The van der Waals surface area contributed by atoms with Crippen molar-refractivity contribution >= 4 is 17.6 Å². The van der Waals surface area contributed by atoms with Gasteiger partial charge >= 0.3 is 5.97 Å². The number of nitrogens with zero attached hydrogens (tertiary/aromatic N) is 1. The first-order chi connectivity index (χ1) is 13.1. The summed E-state index contributed by atoms with van der Waals surface area (Å²) in [6.45, 7) is 1.52. The molecule has 1 unspecified atom stereocenters. The third-order valence-electron chi connectivity index (χ3n) is 5.57. The van der Waals surface area contributed by atoms with Crippen LogP contribution in [0.5, 0.6) is 5.75 Å². The highest BCUT2D eigenvalue weighted by atomic mass is 16.5. The molecule has 1 saturated heterocycles. The highest BCUT2D eigenvalue weighted by molar-refractivity contribution is 5.91. The lowest BCUT2D eigenvalue weighted by atomic mass is 9.97. The summed E-state index contributed by atoms with van der Waals surface area (Å²) in [5.41, 5.74) is 9.60. The minimum absolute atomic E-state index is 0.108. The van der Waals surface area contributed by atoms with Crippen molar-refractivity contribution < 1.29 is 14.3 Å². The quantitative estimate of drug-likeness (QED) is 0.668. The Hall–Kier alpha value is -2.82. The van der Waals surface area contributed by atoms with Gasteiger partial charge in [0.25, 0.3) is 0 Å². The molecule has 1 heterocycles. The molecule has 0 aromatic heterocycles. The largest absolute Gasteiger partial charge is 0.423 e. The van der Waals surface area contributed by atoms with Gasteiger partial charge in [-0.3, -0.25) is 4.79 Å². The average Bonchev–Trinajstić information content (AvgIpc) is 3.16. The van der Waals surface area contributed by atoms with Crippen molar-refractivity contribution in [3.8, 4) is 5.75 Å². The second-order valence-electron chi connectivity index (χ2n) is 7.41. The van der Waals surface area contributed by atoms with Crippen LogP contribution in [0.2, 0.25) is 0 Å². The molecule has 0 spiro atoms. The summed E-state index contributed by atoms with van der Waals surface area (Å²) in [4.78, 5) is 26.0. The topological polar surface area (TPSA) is 72.6 Å². The maximum Gasteiger partial charge on any atom is 0.343 e. The Kier molecular flexibility index (Phi) is 4.84. The summed E-state index contributed by atoms with van der Waals surface area (Å²) in [7, 11) is 0.